The number of carbonyl (C=O) groups excluding carboxylic acids is 1. The second kappa shape index (κ2) is 4.88. The molecule has 15 heavy (non-hydrogen) atoms. The van der Waals surface area contributed by atoms with Crippen molar-refractivity contribution in [1.82, 2.24) is 4.98 Å². The fourth-order valence-corrected chi connectivity index (χ4v) is 1.31. The van der Waals surface area contributed by atoms with Crippen LogP contribution in [0, 0.1) is 0 Å². The second-order valence-corrected chi connectivity index (χ2v) is 3.23. The fraction of sp³-hybridized carbons (Fsp3) is 0.222. The second-order valence-electron chi connectivity index (χ2n) is 2.67. The lowest BCUT2D eigenvalue weighted by molar-refractivity contribution is 0.0575. The fourth-order valence-electron chi connectivity index (χ4n) is 1.00. The summed E-state index contributed by atoms with van der Waals surface area (Å²) in [6, 6.07) is 1.39. The third-order valence-corrected chi connectivity index (χ3v) is 2.36. The highest BCUT2D eigenvalue weighted by Gasteiger charge is 2.19. The summed E-state index contributed by atoms with van der Waals surface area (Å²) in [4.78, 5) is 25.8. The van der Waals surface area contributed by atoms with Gasteiger partial charge in [0.25, 0.3) is 0 Å². The van der Waals surface area contributed by atoms with Crippen LogP contribution in [0.25, 0.3) is 0 Å². The minimum absolute atomic E-state index is 0.154. The number of carboxylic acid groups (broad SMARTS) is 1. The summed E-state index contributed by atoms with van der Waals surface area (Å²) in [7, 11) is 1.17. The average Bonchev–Trinajstić information content (AvgIpc) is 2.27. The molecule has 1 aromatic rings. The van der Waals surface area contributed by atoms with Crippen LogP contribution in [-0.2, 0) is 10.1 Å². The molecule has 0 bridgehead atoms. The number of methoxy groups -OCH3 is 1. The molecule has 6 heteroatoms. The van der Waals surface area contributed by atoms with Gasteiger partial charge in [0.05, 0.1) is 12.7 Å². The predicted octanol–water partition coefficient (Wildman–Crippen LogP) is 1.46. The molecule has 1 heterocycles. The van der Waals surface area contributed by atoms with E-state index in [1.54, 1.807) is 0 Å². The number of alkyl halides is 1. The van der Waals surface area contributed by atoms with Crippen LogP contribution in [0.1, 0.15) is 26.4 Å². The molecule has 0 fully saturated rings. The summed E-state index contributed by atoms with van der Waals surface area (Å²) in [5, 5.41) is 9.34. The van der Waals surface area contributed by atoms with E-state index in [4.69, 9.17) is 5.11 Å². The Bertz CT molecular complexity index is 405. The predicted molar refractivity (Wildman–Crippen MR) is 55.2 cm³/mol. The topological polar surface area (TPSA) is 76.5 Å². The molecule has 0 amide bonds. The largest absolute Gasteiger partial charge is 0.478 e. The van der Waals surface area contributed by atoms with Crippen molar-refractivity contribution in [3.63, 3.8) is 0 Å². The van der Waals surface area contributed by atoms with Gasteiger partial charge in [0, 0.05) is 11.5 Å². The molecule has 0 saturated heterocycles. The van der Waals surface area contributed by atoms with E-state index in [0.29, 0.717) is 10.9 Å². The summed E-state index contributed by atoms with van der Waals surface area (Å²) in [6.45, 7) is 0. The van der Waals surface area contributed by atoms with E-state index in [2.05, 4.69) is 25.7 Å². The molecule has 1 N–H and O–H groups in total. The maximum atomic E-state index is 11.2. The average molecular weight is 274 g/mol. The molecule has 0 radical (unpaired) electrons. The van der Waals surface area contributed by atoms with E-state index in [1.165, 1.54) is 19.4 Å². The number of esters is 1. The Morgan fingerprint density at radius 2 is 2.27 bits per heavy atom. The van der Waals surface area contributed by atoms with Crippen molar-refractivity contribution in [3.05, 3.63) is 29.1 Å². The van der Waals surface area contributed by atoms with E-state index in [-0.39, 0.29) is 11.3 Å². The maximum Gasteiger partial charge on any atom is 0.357 e. The van der Waals surface area contributed by atoms with Crippen molar-refractivity contribution in [2.75, 3.05) is 7.11 Å². The zero-order chi connectivity index (χ0) is 11.4. The van der Waals surface area contributed by atoms with Crippen molar-refractivity contribution in [3.8, 4) is 0 Å². The van der Waals surface area contributed by atoms with Gasteiger partial charge in [-0.25, -0.2) is 14.6 Å². The van der Waals surface area contributed by atoms with Gasteiger partial charge in [-0.05, 0) is 11.6 Å². The van der Waals surface area contributed by atoms with E-state index in [1.807, 2.05) is 0 Å². The van der Waals surface area contributed by atoms with Gasteiger partial charge in [0.1, 0.15) is 0 Å². The van der Waals surface area contributed by atoms with Crippen molar-refractivity contribution in [1.29, 1.82) is 0 Å². The normalized spacial score (nSPS) is 9.73. The van der Waals surface area contributed by atoms with Gasteiger partial charge in [-0.2, -0.15) is 0 Å². The molecule has 0 atom stereocenters. The highest BCUT2D eigenvalue weighted by molar-refractivity contribution is 9.08. The van der Waals surface area contributed by atoms with Crippen LogP contribution in [0.2, 0.25) is 0 Å². The van der Waals surface area contributed by atoms with Crippen LogP contribution in [0.4, 0.5) is 0 Å². The first kappa shape index (κ1) is 11.6. The van der Waals surface area contributed by atoms with Crippen LogP contribution in [0.5, 0.6) is 0 Å². The number of halogens is 1. The molecule has 0 aliphatic rings. The third-order valence-electron chi connectivity index (χ3n) is 1.71. The molecule has 0 aliphatic heterocycles. The Balaban J connectivity index is 3.27. The summed E-state index contributed by atoms with van der Waals surface area (Å²) >= 11 is 3.17. The molecule has 0 aromatic carbocycles. The van der Waals surface area contributed by atoms with Gasteiger partial charge in [-0.3, -0.25) is 0 Å². The van der Waals surface area contributed by atoms with Gasteiger partial charge < -0.3 is 9.84 Å². The molecular formula is C9H8BrNO4. The number of pyridine rings is 1. The Morgan fingerprint density at radius 3 is 2.73 bits per heavy atom. The minimum atomic E-state index is -1.20. The van der Waals surface area contributed by atoms with E-state index < -0.39 is 11.9 Å². The van der Waals surface area contributed by atoms with Crippen LogP contribution < -0.4 is 0 Å². The first-order chi connectivity index (χ1) is 7.10. The standard InChI is InChI=1S/C9H8BrNO4/c1-15-9(14)7-6(8(12)13)2-5(3-10)4-11-7/h2,4H,3H2,1H3,(H,12,13). The number of ether oxygens (including phenoxy) is 1. The zero-order valence-electron chi connectivity index (χ0n) is 7.86. The van der Waals surface area contributed by atoms with Crippen molar-refractivity contribution in [2.24, 2.45) is 0 Å². The Kier molecular flexibility index (Phi) is 3.79. The number of rotatable bonds is 3. The number of hydrogen-bond donors (Lipinski definition) is 1. The van der Waals surface area contributed by atoms with Crippen LogP contribution in [-0.4, -0.2) is 29.1 Å². The Hall–Kier alpha value is -1.43. The van der Waals surface area contributed by atoms with Gasteiger partial charge in [0.15, 0.2) is 5.69 Å². The van der Waals surface area contributed by atoms with Crippen molar-refractivity contribution in [2.45, 2.75) is 5.33 Å². The monoisotopic (exact) mass is 273 g/mol. The summed E-state index contributed by atoms with van der Waals surface area (Å²) in [5.41, 5.74) is 0.341. The summed E-state index contributed by atoms with van der Waals surface area (Å²) in [6.07, 6.45) is 1.42. The van der Waals surface area contributed by atoms with Crippen LogP contribution in [0.3, 0.4) is 0 Å². The molecule has 0 saturated carbocycles. The van der Waals surface area contributed by atoms with E-state index in [9.17, 15) is 9.59 Å². The van der Waals surface area contributed by atoms with Gasteiger partial charge in [-0.1, -0.05) is 15.9 Å². The highest BCUT2D eigenvalue weighted by Crippen LogP contribution is 2.12. The SMILES string of the molecule is COC(=O)c1ncc(CBr)cc1C(=O)O. The lowest BCUT2D eigenvalue weighted by Gasteiger charge is -2.04. The van der Waals surface area contributed by atoms with E-state index >= 15 is 0 Å². The van der Waals surface area contributed by atoms with Crippen LogP contribution in [0.15, 0.2) is 12.3 Å². The highest BCUT2D eigenvalue weighted by atomic mass is 79.9. The molecule has 80 valence electrons. The first-order valence-corrected chi connectivity index (χ1v) is 5.08. The Labute approximate surface area is 94.2 Å². The van der Waals surface area contributed by atoms with Crippen LogP contribution >= 0.6 is 15.9 Å². The molecular weight excluding hydrogens is 266 g/mol. The van der Waals surface area contributed by atoms with Gasteiger partial charge in [0.2, 0.25) is 0 Å². The van der Waals surface area contributed by atoms with Crippen molar-refractivity contribution >= 4 is 27.9 Å². The molecule has 1 rings (SSSR count). The smallest absolute Gasteiger partial charge is 0.357 e. The number of aromatic nitrogens is 1. The minimum Gasteiger partial charge on any atom is -0.478 e. The summed E-state index contributed by atoms with van der Waals surface area (Å²) < 4.78 is 4.42. The Morgan fingerprint density at radius 1 is 1.60 bits per heavy atom. The number of hydrogen-bond acceptors (Lipinski definition) is 4. The first-order valence-electron chi connectivity index (χ1n) is 3.96. The third kappa shape index (κ3) is 2.53. The van der Waals surface area contributed by atoms with Crippen molar-refractivity contribution < 1.29 is 19.4 Å². The number of carbonyl (C=O) groups is 2. The molecule has 0 aliphatic carbocycles. The molecule has 1 aromatic heterocycles. The summed E-state index contributed by atoms with van der Waals surface area (Å²) in [5.74, 6) is -1.96. The quantitative estimate of drug-likeness (QED) is 0.667. The lowest BCUT2D eigenvalue weighted by Crippen LogP contribution is -2.12. The molecule has 0 unspecified atom stereocenters. The van der Waals surface area contributed by atoms with E-state index in [0.717, 1.165) is 0 Å². The maximum absolute atomic E-state index is 11.2. The number of carboxylic acids is 1. The number of aromatic carboxylic acids is 1. The lowest BCUT2D eigenvalue weighted by atomic mass is 10.1. The zero-order valence-corrected chi connectivity index (χ0v) is 9.44. The number of nitrogens with zero attached hydrogens (tertiary/aromatic N) is 1. The van der Waals surface area contributed by atoms with Gasteiger partial charge in [-0.15, -0.1) is 0 Å². The molecule has 5 nitrogen and oxygen atoms in total. The van der Waals surface area contributed by atoms with Gasteiger partial charge >= 0.3 is 11.9 Å². The molecule has 0 spiro atoms.